The smallest absolute Gasteiger partial charge is 0.253 e. The normalized spacial score (nSPS) is 13.9. The van der Waals surface area contributed by atoms with Crippen molar-refractivity contribution in [2.24, 2.45) is 0 Å². The first kappa shape index (κ1) is 22.4. The van der Waals surface area contributed by atoms with Gasteiger partial charge in [0.25, 0.3) is 11.8 Å². The molecule has 1 fully saturated rings. The molecule has 4 rings (SSSR count). The lowest BCUT2D eigenvalue weighted by atomic mass is 10.0. The number of ether oxygens (including phenoxy) is 2. The molecule has 0 unspecified atom stereocenters. The van der Waals surface area contributed by atoms with Gasteiger partial charge in [-0.05, 0) is 54.3 Å². The van der Waals surface area contributed by atoms with Crippen LogP contribution >= 0.6 is 0 Å². The van der Waals surface area contributed by atoms with E-state index in [1.165, 1.54) is 0 Å². The average molecular weight is 445 g/mol. The Morgan fingerprint density at radius 1 is 0.788 bits per heavy atom. The van der Waals surface area contributed by atoms with Gasteiger partial charge in [0.2, 0.25) is 0 Å². The summed E-state index contributed by atoms with van der Waals surface area (Å²) in [5.41, 5.74) is 3.42. The molecule has 33 heavy (non-hydrogen) atoms. The molecule has 3 aromatic rings. The molecule has 1 N–H and O–H groups in total. The first-order chi connectivity index (χ1) is 16.1. The highest BCUT2D eigenvalue weighted by atomic mass is 16.5. The van der Waals surface area contributed by atoms with Crippen molar-refractivity contribution in [3.05, 3.63) is 83.9 Å². The molecule has 0 aromatic heterocycles. The fourth-order valence-electron chi connectivity index (χ4n) is 4.09. The summed E-state index contributed by atoms with van der Waals surface area (Å²) in [7, 11) is 3.10. The first-order valence-corrected chi connectivity index (χ1v) is 11.1. The second-order valence-corrected chi connectivity index (χ2v) is 8.05. The van der Waals surface area contributed by atoms with E-state index in [9.17, 15) is 9.59 Å². The van der Waals surface area contributed by atoms with Gasteiger partial charge in [0.05, 0.1) is 14.2 Å². The summed E-state index contributed by atoms with van der Waals surface area (Å²) < 4.78 is 10.5. The van der Waals surface area contributed by atoms with E-state index in [0.29, 0.717) is 48.6 Å². The van der Waals surface area contributed by atoms with Gasteiger partial charge >= 0.3 is 0 Å². The summed E-state index contributed by atoms with van der Waals surface area (Å²) in [6.45, 7) is 1.21. The number of hydrogen-bond acceptors (Lipinski definition) is 4. The molecule has 170 valence electrons. The minimum Gasteiger partial charge on any atom is -0.493 e. The number of carbonyl (C=O) groups is 2. The summed E-state index contributed by atoms with van der Waals surface area (Å²) in [4.78, 5) is 27.5. The number of likely N-dealkylation sites (tertiary alicyclic amines) is 1. The highest BCUT2D eigenvalue weighted by molar-refractivity contribution is 5.96. The second-order valence-electron chi connectivity index (χ2n) is 8.05. The molecule has 2 amide bonds. The van der Waals surface area contributed by atoms with Crippen LogP contribution in [0.1, 0.15) is 33.6 Å². The van der Waals surface area contributed by atoms with Gasteiger partial charge < -0.3 is 19.7 Å². The summed E-state index contributed by atoms with van der Waals surface area (Å²) in [6.07, 6.45) is 1.43. The van der Waals surface area contributed by atoms with Gasteiger partial charge in [-0.15, -0.1) is 0 Å². The second kappa shape index (κ2) is 10.2. The zero-order valence-electron chi connectivity index (χ0n) is 18.9. The average Bonchev–Trinajstić information content (AvgIpc) is 2.89. The van der Waals surface area contributed by atoms with E-state index in [0.717, 1.165) is 11.1 Å². The van der Waals surface area contributed by atoms with Crippen LogP contribution in [0, 0.1) is 0 Å². The molecule has 1 saturated heterocycles. The van der Waals surface area contributed by atoms with Gasteiger partial charge in [-0.25, -0.2) is 0 Å². The summed E-state index contributed by atoms with van der Waals surface area (Å²) in [5, 5.41) is 3.08. The third kappa shape index (κ3) is 5.17. The molecule has 1 aliphatic rings. The Balaban J connectivity index is 1.32. The van der Waals surface area contributed by atoms with Crippen LogP contribution in [0.5, 0.6) is 11.5 Å². The maximum absolute atomic E-state index is 12.9. The quantitative estimate of drug-likeness (QED) is 0.612. The van der Waals surface area contributed by atoms with Gasteiger partial charge in [0.15, 0.2) is 11.5 Å². The zero-order valence-corrected chi connectivity index (χ0v) is 18.9. The maximum Gasteiger partial charge on any atom is 0.253 e. The Kier molecular flexibility index (Phi) is 6.93. The molecule has 1 aliphatic heterocycles. The van der Waals surface area contributed by atoms with Crippen molar-refractivity contribution in [2.45, 2.75) is 18.9 Å². The van der Waals surface area contributed by atoms with Crippen LogP contribution in [0.15, 0.2) is 72.8 Å². The number of nitrogens with zero attached hydrogens (tertiary/aromatic N) is 1. The molecule has 0 bridgehead atoms. The van der Waals surface area contributed by atoms with E-state index in [1.807, 2.05) is 47.4 Å². The molecular formula is C27H28N2O4. The minimum absolute atomic E-state index is 0.0232. The van der Waals surface area contributed by atoms with Crippen molar-refractivity contribution >= 4 is 11.8 Å². The topological polar surface area (TPSA) is 67.9 Å². The lowest BCUT2D eigenvalue weighted by Crippen LogP contribution is -2.46. The zero-order chi connectivity index (χ0) is 23.2. The highest BCUT2D eigenvalue weighted by Gasteiger charge is 2.25. The largest absolute Gasteiger partial charge is 0.493 e. The van der Waals surface area contributed by atoms with E-state index in [4.69, 9.17) is 9.47 Å². The summed E-state index contributed by atoms with van der Waals surface area (Å²) >= 11 is 0. The molecule has 0 spiro atoms. The number of amides is 2. The van der Waals surface area contributed by atoms with Crippen LogP contribution in [0.2, 0.25) is 0 Å². The standard InChI is InChI=1S/C27H28N2O4/c1-32-24-13-12-22(18-25(24)33-2)26(30)28-23-14-16-29(17-15-23)27(31)21-10-8-20(9-11-21)19-6-4-3-5-7-19/h3-13,18,23H,14-17H2,1-2H3,(H,28,30). The van der Waals surface area contributed by atoms with Crippen molar-refractivity contribution in [3.8, 4) is 22.6 Å². The summed E-state index contributed by atoms with van der Waals surface area (Å²) in [6, 6.07) is 23.0. The number of piperidine rings is 1. The molecule has 6 heteroatoms. The van der Waals surface area contributed by atoms with E-state index < -0.39 is 0 Å². The number of benzene rings is 3. The van der Waals surface area contributed by atoms with Gasteiger partial charge in [-0.1, -0.05) is 42.5 Å². The molecule has 0 saturated carbocycles. The van der Waals surface area contributed by atoms with Crippen LogP contribution in [-0.4, -0.2) is 50.1 Å². The Morgan fingerprint density at radius 2 is 1.39 bits per heavy atom. The van der Waals surface area contributed by atoms with Crippen LogP contribution in [-0.2, 0) is 0 Å². The predicted molar refractivity (Wildman–Crippen MR) is 128 cm³/mol. The SMILES string of the molecule is COc1ccc(C(=O)NC2CCN(C(=O)c3ccc(-c4ccccc4)cc3)CC2)cc1OC. The molecular weight excluding hydrogens is 416 g/mol. The van der Waals surface area contributed by atoms with Gasteiger partial charge in [-0.3, -0.25) is 9.59 Å². The Hall–Kier alpha value is -3.80. The Morgan fingerprint density at radius 3 is 2.03 bits per heavy atom. The number of rotatable bonds is 6. The molecule has 0 atom stereocenters. The van der Waals surface area contributed by atoms with Crippen LogP contribution in [0.3, 0.4) is 0 Å². The van der Waals surface area contributed by atoms with Gasteiger partial charge in [-0.2, -0.15) is 0 Å². The lowest BCUT2D eigenvalue weighted by molar-refractivity contribution is 0.0698. The number of hydrogen-bond donors (Lipinski definition) is 1. The predicted octanol–water partition coefficient (Wildman–Crippen LogP) is 4.41. The third-order valence-corrected chi connectivity index (χ3v) is 6.00. The van der Waals surface area contributed by atoms with Crippen molar-refractivity contribution < 1.29 is 19.1 Å². The lowest BCUT2D eigenvalue weighted by Gasteiger charge is -2.32. The molecule has 0 aliphatic carbocycles. The number of methoxy groups -OCH3 is 2. The van der Waals surface area contributed by atoms with Gasteiger partial charge in [0, 0.05) is 30.3 Å². The fraction of sp³-hybridized carbons (Fsp3) is 0.259. The summed E-state index contributed by atoms with van der Waals surface area (Å²) in [5.74, 6) is 0.970. The Bertz CT molecular complexity index is 1100. The molecule has 0 radical (unpaired) electrons. The van der Waals surface area contributed by atoms with Crippen LogP contribution < -0.4 is 14.8 Å². The van der Waals surface area contributed by atoms with Crippen molar-refractivity contribution in [3.63, 3.8) is 0 Å². The molecule has 3 aromatic carbocycles. The first-order valence-electron chi connectivity index (χ1n) is 11.1. The fourth-order valence-corrected chi connectivity index (χ4v) is 4.09. The van der Waals surface area contributed by atoms with E-state index >= 15 is 0 Å². The Labute approximate surface area is 194 Å². The monoisotopic (exact) mass is 444 g/mol. The van der Waals surface area contributed by atoms with Crippen molar-refractivity contribution in [1.82, 2.24) is 10.2 Å². The van der Waals surface area contributed by atoms with Crippen LogP contribution in [0.25, 0.3) is 11.1 Å². The number of nitrogens with one attached hydrogen (secondary N) is 1. The maximum atomic E-state index is 12.9. The molecule has 6 nitrogen and oxygen atoms in total. The van der Waals surface area contributed by atoms with E-state index in [1.54, 1.807) is 32.4 Å². The van der Waals surface area contributed by atoms with Crippen LogP contribution in [0.4, 0.5) is 0 Å². The minimum atomic E-state index is -0.155. The number of carbonyl (C=O) groups excluding carboxylic acids is 2. The van der Waals surface area contributed by atoms with Crippen molar-refractivity contribution in [1.29, 1.82) is 0 Å². The van der Waals surface area contributed by atoms with Gasteiger partial charge in [0.1, 0.15) is 0 Å². The van der Waals surface area contributed by atoms with E-state index in [2.05, 4.69) is 17.4 Å². The molecule has 1 heterocycles. The van der Waals surface area contributed by atoms with E-state index in [-0.39, 0.29) is 17.9 Å². The van der Waals surface area contributed by atoms with Crippen molar-refractivity contribution in [2.75, 3.05) is 27.3 Å². The highest BCUT2D eigenvalue weighted by Crippen LogP contribution is 2.27. The third-order valence-electron chi connectivity index (χ3n) is 6.00.